The maximum atomic E-state index is 11.7. The highest BCUT2D eigenvalue weighted by atomic mass is 32.1. The van der Waals surface area contributed by atoms with Gasteiger partial charge in [-0.15, -0.1) is 11.3 Å². The largest absolute Gasteiger partial charge is 0.479 e. The Labute approximate surface area is 110 Å². The van der Waals surface area contributed by atoms with Crippen LogP contribution in [0.1, 0.15) is 32.2 Å². The lowest BCUT2D eigenvalue weighted by Crippen LogP contribution is -2.37. The molecule has 1 fully saturated rings. The Kier molecular flexibility index (Phi) is 2.31. The van der Waals surface area contributed by atoms with Gasteiger partial charge in [-0.25, -0.2) is 9.59 Å². The number of urea groups is 1. The standard InChI is InChI=1S/C10H9N3O5S/c11-8(14)5-1-3-4-2-12(10(17)13(4)18)6(9(15)16)7(3)19-5/h1,4,6,18H,2H2,(H2,11,14)(H,15,16)/t4-,6?/m1/s1. The second-order valence-electron chi connectivity index (χ2n) is 4.33. The first-order valence-electron chi connectivity index (χ1n) is 5.36. The molecular weight excluding hydrogens is 274 g/mol. The van der Waals surface area contributed by atoms with Crippen molar-refractivity contribution in [3.05, 3.63) is 21.4 Å². The van der Waals surface area contributed by atoms with Crippen LogP contribution in [0.2, 0.25) is 0 Å². The van der Waals surface area contributed by atoms with E-state index in [4.69, 9.17) is 5.73 Å². The highest BCUT2D eigenvalue weighted by Gasteiger charge is 2.51. The Bertz CT molecular complexity index is 612. The van der Waals surface area contributed by atoms with Gasteiger partial charge in [0, 0.05) is 4.88 Å². The second kappa shape index (κ2) is 3.68. The molecule has 19 heavy (non-hydrogen) atoms. The van der Waals surface area contributed by atoms with Crippen molar-refractivity contribution in [3.8, 4) is 0 Å². The van der Waals surface area contributed by atoms with E-state index in [0.717, 1.165) is 16.2 Å². The summed E-state index contributed by atoms with van der Waals surface area (Å²) < 4.78 is 0. The number of fused-ring (bicyclic) bond motifs is 4. The molecule has 1 unspecified atom stereocenters. The minimum absolute atomic E-state index is 0.0776. The Balaban J connectivity index is 2.18. The molecule has 9 heteroatoms. The number of carboxylic acid groups (broad SMARTS) is 1. The molecule has 2 atom stereocenters. The van der Waals surface area contributed by atoms with Crippen molar-refractivity contribution in [2.45, 2.75) is 12.1 Å². The molecular formula is C10H9N3O5S. The normalized spacial score (nSPS) is 24.6. The molecule has 1 aromatic rings. The highest BCUT2D eigenvalue weighted by Crippen LogP contribution is 2.46. The number of nitrogens with zero attached hydrogens (tertiary/aromatic N) is 2. The van der Waals surface area contributed by atoms with Gasteiger partial charge in [-0.2, -0.15) is 5.06 Å². The number of hydroxylamine groups is 2. The molecule has 0 aromatic carbocycles. The van der Waals surface area contributed by atoms with Crippen LogP contribution in [0.5, 0.6) is 0 Å². The van der Waals surface area contributed by atoms with Gasteiger partial charge >= 0.3 is 12.0 Å². The molecule has 3 amide bonds. The van der Waals surface area contributed by atoms with Crippen LogP contribution in [0, 0.1) is 0 Å². The van der Waals surface area contributed by atoms with E-state index in [-0.39, 0.29) is 11.4 Å². The van der Waals surface area contributed by atoms with Crippen LogP contribution in [0.15, 0.2) is 6.07 Å². The number of thiophene rings is 1. The maximum Gasteiger partial charge on any atom is 0.345 e. The van der Waals surface area contributed by atoms with Crippen LogP contribution < -0.4 is 5.73 Å². The Morgan fingerprint density at radius 1 is 1.47 bits per heavy atom. The number of nitrogens with two attached hydrogens (primary N) is 1. The SMILES string of the molecule is NC(=O)c1cc2c(s1)C(C(=O)O)N1C[C@H]2N(O)C1=O. The number of amides is 3. The average molecular weight is 283 g/mol. The molecule has 0 spiro atoms. The fourth-order valence-corrected chi connectivity index (χ4v) is 3.63. The van der Waals surface area contributed by atoms with Gasteiger partial charge in [0.1, 0.15) is 6.04 Å². The summed E-state index contributed by atoms with van der Waals surface area (Å²) in [6.45, 7) is 0.0776. The van der Waals surface area contributed by atoms with E-state index in [0.29, 0.717) is 15.5 Å². The lowest BCUT2D eigenvalue weighted by atomic mass is 9.99. The second-order valence-corrected chi connectivity index (χ2v) is 5.41. The van der Waals surface area contributed by atoms with Crippen LogP contribution in [-0.4, -0.2) is 44.7 Å². The molecule has 4 N–H and O–H groups in total. The third kappa shape index (κ3) is 1.45. The van der Waals surface area contributed by atoms with E-state index in [1.165, 1.54) is 6.07 Å². The van der Waals surface area contributed by atoms with Crippen molar-refractivity contribution in [1.29, 1.82) is 0 Å². The average Bonchev–Trinajstić information content (AvgIpc) is 2.87. The van der Waals surface area contributed by atoms with Crippen molar-refractivity contribution in [2.75, 3.05) is 6.54 Å². The molecule has 2 bridgehead atoms. The van der Waals surface area contributed by atoms with E-state index in [2.05, 4.69) is 0 Å². The molecule has 3 heterocycles. The molecule has 8 nitrogen and oxygen atoms in total. The van der Waals surface area contributed by atoms with Gasteiger partial charge in [0.25, 0.3) is 5.91 Å². The summed E-state index contributed by atoms with van der Waals surface area (Å²) in [4.78, 5) is 35.9. The summed E-state index contributed by atoms with van der Waals surface area (Å²) in [5, 5.41) is 19.5. The van der Waals surface area contributed by atoms with E-state index >= 15 is 0 Å². The van der Waals surface area contributed by atoms with Gasteiger partial charge < -0.3 is 15.7 Å². The number of carboxylic acids is 1. The topological polar surface area (TPSA) is 124 Å². The zero-order valence-corrected chi connectivity index (χ0v) is 10.3. The Morgan fingerprint density at radius 2 is 2.16 bits per heavy atom. The Morgan fingerprint density at radius 3 is 2.74 bits per heavy atom. The summed E-state index contributed by atoms with van der Waals surface area (Å²) in [5.41, 5.74) is 5.64. The van der Waals surface area contributed by atoms with Gasteiger partial charge in [0.05, 0.1) is 11.4 Å². The van der Waals surface area contributed by atoms with Crippen LogP contribution in [0.25, 0.3) is 0 Å². The number of rotatable bonds is 2. The van der Waals surface area contributed by atoms with Gasteiger partial charge in [-0.1, -0.05) is 0 Å². The van der Waals surface area contributed by atoms with Crippen molar-refractivity contribution in [2.24, 2.45) is 5.73 Å². The van der Waals surface area contributed by atoms with Crippen molar-refractivity contribution in [1.82, 2.24) is 9.96 Å². The summed E-state index contributed by atoms with van der Waals surface area (Å²) in [6.07, 6.45) is 0. The highest BCUT2D eigenvalue weighted by molar-refractivity contribution is 7.14. The Hall–Kier alpha value is -2.13. The van der Waals surface area contributed by atoms with Crippen LogP contribution >= 0.6 is 11.3 Å². The third-order valence-electron chi connectivity index (χ3n) is 3.29. The van der Waals surface area contributed by atoms with Crippen molar-refractivity contribution < 1.29 is 24.7 Å². The predicted molar refractivity (Wildman–Crippen MR) is 61.7 cm³/mol. The van der Waals surface area contributed by atoms with Gasteiger partial charge in [0.15, 0.2) is 6.04 Å². The van der Waals surface area contributed by atoms with E-state index in [9.17, 15) is 24.7 Å². The summed E-state index contributed by atoms with van der Waals surface area (Å²) in [5.74, 6) is -1.87. The monoisotopic (exact) mass is 283 g/mol. The van der Waals surface area contributed by atoms with Crippen LogP contribution in [0.3, 0.4) is 0 Å². The molecule has 0 saturated carbocycles. The van der Waals surface area contributed by atoms with Crippen LogP contribution in [0.4, 0.5) is 4.79 Å². The molecule has 0 aliphatic carbocycles. The number of carbonyl (C=O) groups is 3. The van der Waals surface area contributed by atoms with Crippen molar-refractivity contribution in [3.63, 3.8) is 0 Å². The molecule has 100 valence electrons. The molecule has 1 aromatic heterocycles. The first-order valence-corrected chi connectivity index (χ1v) is 6.18. The van der Waals surface area contributed by atoms with Gasteiger partial charge in [0.2, 0.25) is 0 Å². The van der Waals surface area contributed by atoms with Crippen LogP contribution in [-0.2, 0) is 4.79 Å². The molecule has 2 aliphatic heterocycles. The lowest BCUT2D eigenvalue weighted by molar-refractivity contribution is -0.142. The third-order valence-corrected chi connectivity index (χ3v) is 4.51. The van der Waals surface area contributed by atoms with E-state index in [1.807, 2.05) is 0 Å². The number of hydrogen-bond donors (Lipinski definition) is 3. The minimum atomic E-state index is -1.21. The summed E-state index contributed by atoms with van der Waals surface area (Å²) in [7, 11) is 0. The smallest absolute Gasteiger partial charge is 0.345 e. The quantitative estimate of drug-likeness (QED) is 0.666. The number of hydrogen-bond acceptors (Lipinski definition) is 5. The zero-order valence-electron chi connectivity index (χ0n) is 9.44. The van der Waals surface area contributed by atoms with Gasteiger partial charge in [-0.05, 0) is 11.6 Å². The summed E-state index contributed by atoms with van der Waals surface area (Å²) in [6, 6.07) is -1.14. The lowest BCUT2D eigenvalue weighted by Gasteiger charge is -2.27. The van der Waals surface area contributed by atoms with E-state index in [1.54, 1.807) is 0 Å². The maximum absolute atomic E-state index is 11.7. The first kappa shape index (κ1) is 11.9. The number of primary amides is 1. The summed E-state index contributed by atoms with van der Waals surface area (Å²) >= 11 is 0.944. The zero-order chi connectivity index (χ0) is 13.9. The fraction of sp³-hybridized carbons (Fsp3) is 0.300. The molecule has 1 saturated heterocycles. The minimum Gasteiger partial charge on any atom is -0.479 e. The number of aliphatic carboxylic acids is 1. The number of carbonyl (C=O) groups excluding carboxylic acids is 2. The molecule has 3 rings (SSSR count). The molecule has 2 aliphatic rings. The van der Waals surface area contributed by atoms with Gasteiger partial charge in [-0.3, -0.25) is 10.0 Å². The predicted octanol–water partition coefficient (Wildman–Crippen LogP) is 0.154. The molecule has 0 radical (unpaired) electrons. The first-order chi connectivity index (χ1) is 8.91. The fourth-order valence-electron chi connectivity index (χ4n) is 2.45. The van der Waals surface area contributed by atoms with Crippen molar-refractivity contribution >= 4 is 29.2 Å². The van der Waals surface area contributed by atoms with E-state index < -0.39 is 30.0 Å².